The van der Waals surface area contributed by atoms with Crippen LogP contribution in [0.3, 0.4) is 0 Å². The summed E-state index contributed by atoms with van der Waals surface area (Å²) in [5.74, 6) is -0.135. The summed E-state index contributed by atoms with van der Waals surface area (Å²) in [6.07, 6.45) is -4.99. The molecule has 0 saturated carbocycles. The summed E-state index contributed by atoms with van der Waals surface area (Å²) in [5.41, 5.74) is 0. The zero-order chi connectivity index (χ0) is 43.4. The van der Waals surface area contributed by atoms with Gasteiger partial charge in [-0.25, -0.2) is 0 Å². The number of hydrogen-bond acceptors (Lipinski definition) is 11. The second-order valence-corrected chi connectivity index (χ2v) is 58.7. The van der Waals surface area contributed by atoms with E-state index in [0.29, 0.717) is 6.61 Å². The van der Waals surface area contributed by atoms with Crippen LogP contribution < -0.4 is 0 Å². The predicted octanol–water partition coefficient (Wildman–Crippen LogP) is 9.32. The summed E-state index contributed by atoms with van der Waals surface area (Å²) in [6, 6.07) is 0. The van der Waals surface area contributed by atoms with Gasteiger partial charge in [0.2, 0.25) is 0 Å². The molecule has 11 nitrogen and oxygen atoms in total. The lowest BCUT2D eigenvalue weighted by molar-refractivity contribution is -0.295. The van der Waals surface area contributed by atoms with E-state index in [0.717, 1.165) is 0 Å². The second kappa shape index (κ2) is 20.3. The van der Waals surface area contributed by atoms with E-state index in [-0.39, 0.29) is 19.0 Å². The number of carbonyl (C=O) groups excluding carboxylic acids is 1. The number of ketones is 1. The van der Waals surface area contributed by atoms with Crippen molar-refractivity contribution in [1.29, 1.82) is 0 Å². The van der Waals surface area contributed by atoms with Crippen molar-refractivity contribution in [1.82, 2.24) is 0 Å². The maximum absolute atomic E-state index is 14.3. The average Bonchev–Trinajstić information content (AvgIpc) is 2.88. The number of ether oxygens (including phenoxy) is 2. The highest BCUT2D eigenvalue weighted by molar-refractivity contribution is 6.72. The van der Waals surface area contributed by atoms with Crippen molar-refractivity contribution in [3.05, 3.63) is 0 Å². The standard InChI is InChI=1S/C36H86O11Si8/c1-48(2,3)39-25-28(37)31(43-51(10,11)12)33(45-53(16,17)18)30(42-50(7,8)9)26-38-36-35(47-55(22,23)24)34(46-54(19,20)21)32(44-52(13,14)15)29(41-36)27-40-49(4,5)6/h29-36H,25-27H2,1-24H3. The molecular weight excluding hydrogens is 833 g/mol. The zero-order valence-electron chi connectivity index (χ0n) is 39.7. The minimum Gasteiger partial charge on any atom is -0.415 e. The van der Waals surface area contributed by atoms with Crippen molar-refractivity contribution in [2.75, 3.05) is 19.8 Å². The highest BCUT2D eigenvalue weighted by atomic mass is 28.4. The first-order valence-corrected chi connectivity index (χ1v) is 47.5. The minimum absolute atomic E-state index is 0.0399. The van der Waals surface area contributed by atoms with Gasteiger partial charge < -0.3 is 44.9 Å². The summed E-state index contributed by atoms with van der Waals surface area (Å²) in [6.45, 7) is 52.0. The van der Waals surface area contributed by atoms with Crippen molar-refractivity contribution >= 4 is 72.3 Å². The normalized spacial score (nSPS) is 24.5. The first-order valence-electron chi connectivity index (χ1n) is 20.3. The molecule has 1 rings (SSSR count). The first-order chi connectivity index (χ1) is 24.1. The first kappa shape index (κ1) is 54.0. The summed E-state index contributed by atoms with van der Waals surface area (Å²) in [7, 11) is -17.2. The van der Waals surface area contributed by atoms with Crippen LogP contribution in [0.5, 0.6) is 0 Å². The lowest BCUT2D eigenvalue weighted by Crippen LogP contribution is -2.67. The molecule has 0 aromatic rings. The summed E-state index contributed by atoms with van der Waals surface area (Å²) in [4.78, 5) is 14.3. The van der Waals surface area contributed by atoms with Gasteiger partial charge in [-0.3, -0.25) is 4.79 Å². The van der Waals surface area contributed by atoms with E-state index in [1.165, 1.54) is 0 Å². The number of Topliss-reactive ketones (excluding diaryl/α,β-unsaturated/α-hetero) is 1. The van der Waals surface area contributed by atoms with Crippen molar-refractivity contribution in [3.8, 4) is 0 Å². The van der Waals surface area contributed by atoms with E-state index in [1.807, 2.05) is 0 Å². The third-order valence-corrected chi connectivity index (χ3v) is 15.2. The van der Waals surface area contributed by atoms with E-state index in [1.54, 1.807) is 0 Å². The zero-order valence-corrected chi connectivity index (χ0v) is 47.7. The molecule has 0 amide bonds. The Morgan fingerprint density at radius 2 is 0.909 bits per heavy atom. The lowest BCUT2D eigenvalue weighted by atomic mass is 9.99. The third-order valence-electron chi connectivity index (χ3n) is 7.27. The Bertz CT molecular complexity index is 1170. The van der Waals surface area contributed by atoms with Gasteiger partial charge in [0.05, 0.1) is 25.9 Å². The molecule has 19 heteroatoms. The Balaban J connectivity index is 3.96. The summed E-state index contributed by atoms with van der Waals surface area (Å²) < 4.78 is 68.5. The third kappa shape index (κ3) is 24.1. The average molecular weight is 920 g/mol. The Kier molecular flexibility index (Phi) is 19.9. The van der Waals surface area contributed by atoms with Crippen molar-refractivity contribution < 1.29 is 49.7 Å². The van der Waals surface area contributed by atoms with Crippen LogP contribution in [-0.4, -0.2) is 141 Å². The van der Waals surface area contributed by atoms with E-state index >= 15 is 0 Å². The van der Waals surface area contributed by atoms with E-state index in [4.69, 9.17) is 44.9 Å². The molecule has 0 N–H and O–H groups in total. The monoisotopic (exact) mass is 918 g/mol. The Hall–Kier alpha value is 1.01. The van der Waals surface area contributed by atoms with Crippen LogP contribution in [0.1, 0.15) is 0 Å². The largest absolute Gasteiger partial charge is 0.415 e. The molecule has 1 aliphatic rings. The van der Waals surface area contributed by atoms with Gasteiger partial charge in [0.25, 0.3) is 0 Å². The predicted molar refractivity (Wildman–Crippen MR) is 248 cm³/mol. The Labute approximate surface area is 346 Å². The fraction of sp³-hybridized carbons (Fsp3) is 0.972. The number of carbonyl (C=O) groups is 1. The fourth-order valence-electron chi connectivity index (χ4n) is 5.75. The molecule has 0 bridgehead atoms. The molecular formula is C36H86O11Si8. The smallest absolute Gasteiger partial charge is 0.187 e. The topological polar surface area (TPSA) is 109 Å². The van der Waals surface area contributed by atoms with Gasteiger partial charge >= 0.3 is 0 Å². The summed E-state index contributed by atoms with van der Waals surface area (Å²) in [5, 5.41) is 0. The molecule has 1 fully saturated rings. The van der Waals surface area contributed by atoms with Gasteiger partial charge in [0.15, 0.2) is 78.6 Å². The molecule has 8 unspecified atom stereocenters. The van der Waals surface area contributed by atoms with Gasteiger partial charge in [-0.05, 0) is 157 Å². The molecule has 0 aromatic carbocycles. The molecule has 328 valence electrons. The Morgan fingerprint density at radius 3 is 1.31 bits per heavy atom. The maximum Gasteiger partial charge on any atom is 0.187 e. The molecule has 55 heavy (non-hydrogen) atoms. The van der Waals surface area contributed by atoms with Gasteiger partial charge in [-0.15, -0.1) is 0 Å². The molecule has 0 aliphatic carbocycles. The molecule has 0 radical (unpaired) electrons. The van der Waals surface area contributed by atoms with Crippen LogP contribution in [0.4, 0.5) is 0 Å². The van der Waals surface area contributed by atoms with E-state index in [2.05, 4.69) is 157 Å². The van der Waals surface area contributed by atoms with Crippen LogP contribution in [0.25, 0.3) is 0 Å². The molecule has 1 heterocycles. The van der Waals surface area contributed by atoms with E-state index in [9.17, 15) is 4.79 Å². The quantitative estimate of drug-likeness (QED) is 0.0865. The van der Waals surface area contributed by atoms with Crippen LogP contribution >= 0.6 is 0 Å². The van der Waals surface area contributed by atoms with E-state index < -0.39 is 116 Å². The van der Waals surface area contributed by atoms with Crippen LogP contribution in [0.2, 0.25) is 157 Å². The number of rotatable bonds is 24. The van der Waals surface area contributed by atoms with Crippen molar-refractivity contribution in [3.63, 3.8) is 0 Å². The molecule has 8 atom stereocenters. The highest BCUT2D eigenvalue weighted by Gasteiger charge is 2.53. The van der Waals surface area contributed by atoms with Gasteiger partial charge in [0, 0.05) is 0 Å². The summed E-state index contributed by atoms with van der Waals surface area (Å²) >= 11 is 0. The van der Waals surface area contributed by atoms with Crippen molar-refractivity contribution in [2.24, 2.45) is 0 Å². The minimum atomic E-state index is -2.29. The maximum atomic E-state index is 14.3. The van der Waals surface area contributed by atoms with Crippen LogP contribution in [0.15, 0.2) is 0 Å². The lowest BCUT2D eigenvalue weighted by Gasteiger charge is -2.51. The molecule has 1 aliphatic heterocycles. The number of hydrogen-bond donors (Lipinski definition) is 0. The fourth-order valence-corrected chi connectivity index (χ4v) is 13.5. The van der Waals surface area contributed by atoms with Crippen LogP contribution in [-0.2, 0) is 49.7 Å². The molecule has 1 saturated heterocycles. The van der Waals surface area contributed by atoms with Crippen molar-refractivity contribution in [2.45, 2.75) is 206 Å². The second-order valence-electron chi connectivity index (χ2n) is 22.9. The van der Waals surface area contributed by atoms with Gasteiger partial charge in [-0.1, -0.05) is 0 Å². The van der Waals surface area contributed by atoms with Gasteiger partial charge in [-0.2, -0.15) is 0 Å². The van der Waals surface area contributed by atoms with Crippen LogP contribution in [0, 0.1) is 0 Å². The molecule has 0 spiro atoms. The SMILES string of the molecule is C[Si](C)(C)OCC(=O)C(O[Si](C)(C)C)C(O[Si](C)(C)C)C(COC1OC(CO[Si](C)(C)C)C(O[Si](C)(C)C)C(O[Si](C)(C)C)C1O[Si](C)(C)C)O[Si](C)(C)C. The highest BCUT2D eigenvalue weighted by Crippen LogP contribution is 2.35. The van der Waals surface area contributed by atoms with Gasteiger partial charge in [0.1, 0.15) is 36.6 Å². The Morgan fingerprint density at radius 1 is 0.491 bits per heavy atom. The molecule has 0 aromatic heterocycles.